The number of imidazole rings is 1. The Labute approximate surface area is 90.6 Å². The molecule has 0 aliphatic heterocycles. The summed E-state index contributed by atoms with van der Waals surface area (Å²) >= 11 is 0. The van der Waals surface area contributed by atoms with E-state index in [4.69, 9.17) is 0 Å². The lowest BCUT2D eigenvalue weighted by atomic mass is 9.85. The summed E-state index contributed by atoms with van der Waals surface area (Å²) in [6.45, 7) is 8.38. The third-order valence-electron chi connectivity index (χ3n) is 2.54. The molecular formula is C11H20N2O2. The zero-order chi connectivity index (χ0) is 11.6. The van der Waals surface area contributed by atoms with Gasteiger partial charge in [0.1, 0.15) is 11.9 Å². The summed E-state index contributed by atoms with van der Waals surface area (Å²) in [5.74, 6) is 0.528. The molecule has 0 saturated heterocycles. The van der Waals surface area contributed by atoms with Gasteiger partial charge in [0.05, 0.1) is 6.10 Å². The Morgan fingerprint density at radius 3 is 2.47 bits per heavy atom. The van der Waals surface area contributed by atoms with Crippen molar-refractivity contribution in [2.45, 2.75) is 46.4 Å². The molecule has 0 aliphatic rings. The van der Waals surface area contributed by atoms with Crippen molar-refractivity contribution in [2.24, 2.45) is 5.41 Å². The van der Waals surface area contributed by atoms with Gasteiger partial charge in [-0.05, 0) is 12.3 Å². The minimum Gasteiger partial charge on any atom is -0.389 e. The van der Waals surface area contributed by atoms with E-state index in [1.165, 1.54) is 0 Å². The Kier molecular flexibility index (Phi) is 3.52. The maximum absolute atomic E-state index is 9.99. The molecule has 1 aromatic heterocycles. The van der Waals surface area contributed by atoms with Crippen molar-refractivity contribution >= 4 is 0 Å². The molecule has 0 saturated carbocycles. The second-order valence-corrected chi connectivity index (χ2v) is 4.83. The van der Waals surface area contributed by atoms with Crippen LogP contribution in [0.5, 0.6) is 0 Å². The largest absolute Gasteiger partial charge is 0.389 e. The summed E-state index contributed by atoms with van der Waals surface area (Å²) in [7, 11) is 0. The van der Waals surface area contributed by atoms with Crippen molar-refractivity contribution < 1.29 is 10.2 Å². The molecule has 0 fully saturated rings. The van der Waals surface area contributed by atoms with E-state index >= 15 is 0 Å². The van der Waals surface area contributed by atoms with Crippen molar-refractivity contribution in [2.75, 3.05) is 0 Å². The first kappa shape index (κ1) is 12.2. The van der Waals surface area contributed by atoms with Crippen LogP contribution in [0.15, 0.2) is 12.4 Å². The topological polar surface area (TPSA) is 58.3 Å². The van der Waals surface area contributed by atoms with Crippen LogP contribution in [-0.4, -0.2) is 25.9 Å². The molecule has 0 bridgehead atoms. The van der Waals surface area contributed by atoms with E-state index in [0.29, 0.717) is 5.82 Å². The van der Waals surface area contributed by atoms with Crippen LogP contribution in [0.4, 0.5) is 0 Å². The predicted octanol–water partition coefficient (Wildman–Crippen LogP) is 1.34. The number of hydrogen-bond acceptors (Lipinski definition) is 3. The first-order valence-electron chi connectivity index (χ1n) is 5.25. The molecule has 1 rings (SSSR count). The van der Waals surface area contributed by atoms with Gasteiger partial charge in [0, 0.05) is 18.9 Å². The van der Waals surface area contributed by atoms with E-state index in [9.17, 15) is 10.2 Å². The summed E-state index contributed by atoms with van der Waals surface area (Å²) in [5.41, 5.74) is -0.357. The van der Waals surface area contributed by atoms with E-state index in [1.807, 2.05) is 32.3 Å². The van der Waals surface area contributed by atoms with Crippen LogP contribution in [-0.2, 0) is 6.54 Å². The van der Waals surface area contributed by atoms with Crippen LogP contribution in [0.3, 0.4) is 0 Å². The molecule has 0 amide bonds. The molecule has 2 atom stereocenters. The second kappa shape index (κ2) is 4.33. The Hall–Kier alpha value is -0.870. The predicted molar refractivity (Wildman–Crippen MR) is 58.3 cm³/mol. The smallest absolute Gasteiger partial charge is 0.140 e. The third kappa shape index (κ3) is 2.58. The first-order chi connectivity index (χ1) is 6.88. The van der Waals surface area contributed by atoms with Crippen molar-refractivity contribution in [3.63, 3.8) is 0 Å². The van der Waals surface area contributed by atoms with Gasteiger partial charge in [-0.1, -0.05) is 20.8 Å². The minimum atomic E-state index is -0.931. The van der Waals surface area contributed by atoms with Crippen LogP contribution >= 0.6 is 0 Å². The quantitative estimate of drug-likeness (QED) is 0.795. The minimum absolute atomic E-state index is 0.357. The zero-order valence-corrected chi connectivity index (χ0v) is 9.81. The summed E-state index contributed by atoms with van der Waals surface area (Å²) < 4.78 is 1.83. The standard InChI is InChI=1S/C11H20N2O2/c1-5-13-7-6-12-10(13)8(14)9(15)11(2,3)4/h6-9,14-15H,5H2,1-4H3. The zero-order valence-electron chi connectivity index (χ0n) is 9.81. The Morgan fingerprint density at radius 2 is 2.00 bits per heavy atom. The fourth-order valence-electron chi connectivity index (χ4n) is 1.47. The molecule has 2 N–H and O–H groups in total. The lowest BCUT2D eigenvalue weighted by Gasteiger charge is -2.29. The highest BCUT2D eigenvalue weighted by Gasteiger charge is 2.32. The first-order valence-corrected chi connectivity index (χ1v) is 5.25. The molecule has 86 valence electrons. The SMILES string of the molecule is CCn1ccnc1C(O)C(O)C(C)(C)C. The number of hydrogen-bond donors (Lipinski definition) is 2. The van der Waals surface area contributed by atoms with Gasteiger partial charge in [-0.15, -0.1) is 0 Å². The molecule has 15 heavy (non-hydrogen) atoms. The average molecular weight is 212 g/mol. The molecule has 0 radical (unpaired) electrons. The number of aromatic nitrogens is 2. The summed E-state index contributed by atoms with van der Waals surface area (Å²) in [5, 5.41) is 19.9. The van der Waals surface area contributed by atoms with Gasteiger partial charge in [0.25, 0.3) is 0 Å². The van der Waals surface area contributed by atoms with E-state index in [2.05, 4.69) is 4.98 Å². The van der Waals surface area contributed by atoms with Gasteiger partial charge in [0.2, 0.25) is 0 Å². The molecule has 0 spiro atoms. The van der Waals surface area contributed by atoms with Crippen LogP contribution in [0.1, 0.15) is 39.6 Å². The number of nitrogens with zero attached hydrogens (tertiary/aromatic N) is 2. The van der Waals surface area contributed by atoms with Crippen LogP contribution in [0.25, 0.3) is 0 Å². The maximum atomic E-state index is 9.99. The summed E-state index contributed by atoms with van der Waals surface area (Å²) in [6, 6.07) is 0. The third-order valence-corrected chi connectivity index (χ3v) is 2.54. The van der Waals surface area contributed by atoms with Gasteiger partial charge in [0.15, 0.2) is 0 Å². The maximum Gasteiger partial charge on any atom is 0.140 e. The van der Waals surface area contributed by atoms with Gasteiger partial charge >= 0.3 is 0 Å². The fourth-order valence-corrected chi connectivity index (χ4v) is 1.47. The van der Waals surface area contributed by atoms with E-state index < -0.39 is 12.2 Å². The Balaban J connectivity index is 2.89. The van der Waals surface area contributed by atoms with E-state index in [1.54, 1.807) is 12.4 Å². The molecule has 1 heterocycles. The molecule has 4 nitrogen and oxygen atoms in total. The average Bonchev–Trinajstić information content (AvgIpc) is 2.61. The number of aliphatic hydroxyl groups is 2. The lowest BCUT2D eigenvalue weighted by molar-refractivity contribution is -0.0510. The molecular weight excluding hydrogens is 192 g/mol. The molecule has 4 heteroatoms. The summed E-state index contributed by atoms with van der Waals surface area (Å²) in [4.78, 5) is 4.07. The van der Waals surface area contributed by atoms with Crippen molar-refractivity contribution in [3.8, 4) is 0 Å². The molecule has 0 aromatic carbocycles. The number of aliphatic hydroxyl groups excluding tert-OH is 2. The molecule has 1 aromatic rings. The van der Waals surface area contributed by atoms with Crippen molar-refractivity contribution in [3.05, 3.63) is 18.2 Å². The number of aryl methyl sites for hydroxylation is 1. The van der Waals surface area contributed by atoms with Gasteiger partial charge in [-0.3, -0.25) is 0 Å². The normalized spacial score (nSPS) is 16.4. The Bertz CT molecular complexity index is 315. The highest BCUT2D eigenvalue weighted by atomic mass is 16.3. The number of rotatable bonds is 3. The van der Waals surface area contributed by atoms with Gasteiger partial charge in [-0.2, -0.15) is 0 Å². The highest BCUT2D eigenvalue weighted by molar-refractivity contribution is 5.00. The molecule has 0 aliphatic carbocycles. The van der Waals surface area contributed by atoms with Crippen LogP contribution in [0, 0.1) is 5.41 Å². The highest BCUT2D eigenvalue weighted by Crippen LogP contribution is 2.29. The monoisotopic (exact) mass is 212 g/mol. The van der Waals surface area contributed by atoms with E-state index in [0.717, 1.165) is 6.54 Å². The lowest BCUT2D eigenvalue weighted by Crippen LogP contribution is -2.33. The summed E-state index contributed by atoms with van der Waals surface area (Å²) in [6.07, 6.45) is 1.69. The van der Waals surface area contributed by atoms with Gasteiger partial charge < -0.3 is 14.8 Å². The molecule has 2 unspecified atom stereocenters. The van der Waals surface area contributed by atoms with Crippen molar-refractivity contribution in [1.29, 1.82) is 0 Å². The Morgan fingerprint density at radius 1 is 1.40 bits per heavy atom. The van der Waals surface area contributed by atoms with Crippen LogP contribution in [0.2, 0.25) is 0 Å². The van der Waals surface area contributed by atoms with Gasteiger partial charge in [-0.25, -0.2) is 4.98 Å². The van der Waals surface area contributed by atoms with E-state index in [-0.39, 0.29) is 5.41 Å². The van der Waals surface area contributed by atoms with Crippen molar-refractivity contribution in [1.82, 2.24) is 9.55 Å². The second-order valence-electron chi connectivity index (χ2n) is 4.83. The fraction of sp³-hybridized carbons (Fsp3) is 0.727. The van der Waals surface area contributed by atoms with Crippen LogP contribution < -0.4 is 0 Å².